The number of nitrogens with zero attached hydrogens (tertiary/aromatic N) is 1. The Labute approximate surface area is 105 Å². The van der Waals surface area contributed by atoms with Crippen LogP contribution in [0.2, 0.25) is 0 Å². The van der Waals surface area contributed by atoms with Gasteiger partial charge < -0.3 is 4.74 Å². The van der Waals surface area contributed by atoms with Crippen molar-refractivity contribution in [2.75, 3.05) is 0 Å². The van der Waals surface area contributed by atoms with Gasteiger partial charge in [0.15, 0.2) is 6.29 Å². The van der Waals surface area contributed by atoms with Crippen LogP contribution in [0.4, 0.5) is 0 Å². The highest BCUT2D eigenvalue weighted by molar-refractivity contribution is 9.10. The minimum atomic E-state index is 0.477. The van der Waals surface area contributed by atoms with E-state index in [0.29, 0.717) is 17.9 Å². The van der Waals surface area contributed by atoms with E-state index in [-0.39, 0.29) is 0 Å². The number of hydrogen-bond donors (Lipinski definition) is 0. The molecule has 82 valence electrons. The van der Waals surface area contributed by atoms with Gasteiger partial charge in [-0.1, -0.05) is 15.9 Å². The molecule has 0 amide bonds. The van der Waals surface area contributed by atoms with Crippen LogP contribution in [0, 0.1) is 0 Å². The van der Waals surface area contributed by atoms with Crippen LogP contribution in [0.15, 0.2) is 34.4 Å². The summed E-state index contributed by atoms with van der Waals surface area (Å²) in [4.78, 5) is 15.7. The van der Waals surface area contributed by atoms with E-state index in [2.05, 4.69) is 20.9 Å². The number of halogens is 1. The first kappa shape index (κ1) is 11.3. The summed E-state index contributed by atoms with van der Waals surface area (Å²) in [6, 6.07) is 5.32. The number of rotatable bonds is 4. The van der Waals surface area contributed by atoms with Crippen LogP contribution >= 0.6 is 27.3 Å². The van der Waals surface area contributed by atoms with Crippen molar-refractivity contribution in [1.29, 1.82) is 0 Å². The van der Waals surface area contributed by atoms with Crippen LogP contribution in [0.5, 0.6) is 5.75 Å². The maximum absolute atomic E-state index is 10.7. The Morgan fingerprint density at radius 1 is 1.50 bits per heavy atom. The van der Waals surface area contributed by atoms with Crippen molar-refractivity contribution in [2.45, 2.75) is 6.61 Å². The van der Waals surface area contributed by atoms with Crippen molar-refractivity contribution in [3.05, 3.63) is 44.8 Å². The predicted octanol–water partition coefficient (Wildman–Crippen LogP) is 3.30. The van der Waals surface area contributed by atoms with Crippen molar-refractivity contribution in [2.24, 2.45) is 0 Å². The Morgan fingerprint density at radius 3 is 3.06 bits per heavy atom. The molecule has 0 aliphatic heterocycles. The summed E-state index contributed by atoms with van der Waals surface area (Å²) in [5, 5.41) is 0. The summed E-state index contributed by atoms with van der Waals surface area (Å²) in [5.41, 5.74) is 2.35. The van der Waals surface area contributed by atoms with Gasteiger partial charge in [0.2, 0.25) is 0 Å². The minimum Gasteiger partial charge on any atom is -0.488 e. The zero-order valence-corrected chi connectivity index (χ0v) is 10.6. The molecule has 3 nitrogen and oxygen atoms in total. The molecular formula is C11H8BrNO2S. The van der Waals surface area contributed by atoms with E-state index in [4.69, 9.17) is 4.74 Å². The van der Waals surface area contributed by atoms with Crippen molar-refractivity contribution >= 4 is 33.6 Å². The number of ether oxygens (including phenoxy) is 1. The number of carbonyl (C=O) groups excluding carboxylic acids is 1. The Balaban J connectivity index is 2.07. The molecule has 0 aliphatic carbocycles. The van der Waals surface area contributed by atoms with Crippen molar-refractivity contribution in [3.8, 4) is 5.75 Å². The fourth-order valence-corrected chi connectivity index (χ4v) is 2.02. The lowest BCUT2D eigenvalue weighted by atomic mass is 10.2. The molecule has 0 saturated heterocycles. The third-order valence-electron chi connectivity index (χ3n) is 1.96. The fourth-order valence-electron chi connectivity index (χ4n) is 1.17. The molecule has 0 aliphatic rings. The maximum Gasteiger partial charge on any atom is 0.151 e. The molecule has 0 radical (unpaired) electrons. The Bertz CT molecular complexity index is 485. The molecule has 0 fully saturated rings. The van der Waals surface area contributed by atoms with Gasteiger partial charge in [-0.2, -0.15) is 0 Å². The second kappa shape index (κ2) is 5.23. The first-order valence-corrected chi connectivity index (χ1v) is 6.22. The van der Waals surface area contributed by atoms with E-state index in [1.165, 1.54) is 0 Å². The molecule has 0 N–H and O–H groups in total. The van der Waals surface area contributed by atoms with E-state index >= 15 is 0 Å². The van der Waals surface area contributed by atoms with Crippen molar-refractivity contribution < 1.29 is 9.53 Å². The van der Waals surface area contributed by atoms with Crippen LogP contribution in [0.1, 0.15) is 15.2 Å². The van der Waals surface area contributed by atoms with Crippen LogP contribution in [0.25, 0.3) is 0 Å². The van der Waals surface area contributed by atoms with Gasteiger partial charge >= 0.3 is 0 Å². The number of aldehydes is 1. The van der Waals surface area contributed by atoms with Crippen LogP contribution in [-0.2, 0) is 6.61 Å². The lowest BCUT2D eigenvalue weighted by Gasteiger charge is -2.05. The van der Waals surface area contributed by atoms with Gasteiger partial charge in [0.25, 0.3) is 0 Å². The molecule has 0 saturated carbocycles. The number of thiazole rings is 1. The molecule has 1 aromatic heterocycles. The largest absolute Gasteiger partial charge is 0.488 e. The van der Waals surface area contributed by atoms with Gasteiger partial charge in [-0.25, -0.2) is 0 Å². The molecule has 0 bridgehead atoms. The highest BCUT2D eigenvalue weighted by Crippen LogP contribution is 2.22. The van der Waals surface area contributed by atoms with Crippen LogP contribution < -0.4 is 4.74 Å². The summed E-state index contributed by atoms with van der Waals surface area (Å²) >= 11 is 4.83. The molecule has 2 aromatic rings. The summed E-state index contributed by atoms with van der Waals surface area (Å²) < 4.78 is 6.31. The number of aromatic nitrogens is 1. The molecule has 5 heteroatoms. The van der Waals surface area contributed by atoms with E-state index in [9.17, 15) is 4.79 Å². The zero-order valence-electron chi connectivity index (χ0n) is 8.22. The first-order valence-electron chi connectivity index (χ1n) is 4.54. The second-order valence-corrected chi connectivity index (χ2v) is 4.88. The third kappa shape index (κ3) is 2.68. The molecule has 1 heterocycles. The summed E-state index contributed by atoms with van der Waals surface area (Å²) in [7, 11) is 0. The quantitative estimate of drug-likeness (QED) is 0.813. The minimum absolute atomic E-state index is 0.477. The van der Waals surface area contributed by atoms with Crippen molar-refractivity contribution in [3.63, 3.8) is 0 Å². The lowest BCUT2D eigenvalue weighted by Crippen LogP contribution is -1.94. The standard InChI is InChI=1S/C11H8BrNO2S/c12-11-2-1-9(3-8(11)5-14)15-6-10-4-13-7-16-10/h1-5,7H,6H2. The Hall–Kier alpha value is -1.20. The number of carbonyl (C=O) groups is 1. The zero-order chi connectivity index (χ0) is 11.4. The summed E-state index contributed by atoms with van der Waals surface area (Å²) in [6.45, 7) is 0.477. The topological polar surface area (TPSA) is 39.2 Å². The highest BCUT2D eigenvalue weighted by atomic mass is 79.9. The van der Waals surface area contributed by atoms with Crippen LogP contribution in [0.3, 0.4) is 0 Å². The number of hydrogen-bond acceptors (Lipinski definition) is 4. The molecular weight excluding hydrogens is 290 g/mol. The normalized spacial score (nSPS) is 10.1. The second-order valence-electron chi connectivity index (χ2n) is 3.06. The van der Waals surface area contributed by atoms with E-state index in [1.807, 2.05) is 6.07 Å². The molecule has 0 atom stereocenters. The molecule has 2 rings (SSSR count). The van der Waals surface area contributed by atoms with Crippen LogP contribution in [-0.4, -0.2) is 11.3 Å². The average Bonchev–Trinajstić information content (AvgIpc) is 2.81. The van der Waals surface area contributed by atoms with E-state index < -0.39 is 0 Å². The highest BCUT2D eigenvalue weighted by Gasteiger charge is 2.02. The van der Waals surface area contributed by atoms with Gasteiger partial charge in [-0.3, -0.25) is 9.78 Å². The molecule has 16 heavy (non-hydrogen) atoms. The molecule has 0 spiro atoms. The Kier molecular flexibility index (Phi) is 3.69. The summed E-state index contributed by atoms with van der Waals surface area (Å²) in [5.74, 6) is 0.679. The SMILES string of the molecule is O=Cc1cc(OCc2cncs2)ccc1Br. The van der Waals surface area contributed by atoms with Gasteiger partial charge in [-0.15, -0.1) is 11.3 Å². The third-order valence-corrected chi connectivity index (χ3v) is 3.43. The number of benzene rings is 1. The van der Waals surface area contributed by atoms with E-state index in [0.717, 1.165) is 15.6 Å². The smallest absolute Gasteiger partial charge is 0.151 e. The summed E-state index contributed by atoms with van der Waals surface area (Å²) in [6.07, 6.45) is 2.56. The molecule has 1 aromatic carbocycles. The van der Waals surface area contributed by atoms with E-state index in [1.54, 1.807) is 35.2 Å². The maximum atomic E-state index is 10.7. The average molecular weight is 298 g/mol. The van der Waals surface area contributed by atoms with Gasteiger partial charge in [-0.05, 0) is 18.2 Å². The van der Waals surface area contributed by atoms with Gasteiger partial charge in [0.1, 0.15) is 12.4 Å². The fraction of sp³-hybridized carbons (Fsp3) is 0.0909. The van der Waals surface area contributed by atoms with Gasteiger partial charge in [0.05, 0.1) is 10.4 Å². The molecule has 0 unspecified atom stereocenters. The predicted molar refractivity (Wildman–Crippen MR) is 66.0 cm³/mol. The monoisotopic (exact) mass is 297 g/mol. The first-order chi connectivity index (χ1) is 7.79. The van der Waals surface area contributed by atoms with Crippen molar-refractivity contribution in [1.82, 2.24) is 4.98 Å². The van der Waals surface area contributed by atoms with Gasteiger partial charge in [0, 0.05) is 16.2 Å². The Morgan fingerprint density at radius 2 is 2.38 bits per heavy atom. The lowest BCUT2D eigenvalue weighted by molar-refractivity contribution is 0.112.